The van der Waals surface area contributed by atoms with Gasteiger partial charge in [-0.05, 0) is 54.0 Å². The minimum absolute atomic E-state index is 0.128. The van der Waals surface area contributed by atoms with Crippen LogP contribution in [0, 0.1) is 5.92 Å². The third-order valence-corrected chi connectivity index (χ3v) is 3.65. The molecule has 0 radical (unpaired) electrons. The second-order valence-corrected chi connectivity index (χ2v) is 5.49. The van der Waals surface area contributed by atoms with Crippen molar-refractivity contribution in [2.75, 3.05) is 20.1 Å². The molecule has 1 N–H and O–H groups in total. The Morgan fingerprint density at radius 2 is 2.35 bits per heavy atom. The van der Waals surface area contributed by atoms with E-state index in [0.717, 1.165) is 19.5 Å². The molecule has 0 bridgehead atoms. The molecule has 0 spiro atoms. The normalized spacial score (nSPS) is 25.8. The molecule has 1 aliphatic heterocycles. The van der Waals surface area contributed by atoms with E-state index in [4.69, 9.17) is 4.42 Å². The van der Waals surface area contributed by atoms with Crippen LogP contribution in [-0.4, -0.2) is 37.0 Å². The van der Waals surface area contributed by atoms with Crippen molar-refractivity contribution in [2.45, 2.75) is 19.4 Å². The SMILES string of the molecule is CC1CN(C)CCC1NC(=O)c1ccc(Br)o1. The van der Waals surface area contributed by atoms with Gasteiger partial charge in [0.1, 0.15) is 0 Å². The molecule has 1 aromatic heterocycles. The second kappa shape index (κ2) is 5.23. The van der Waals surface area contributed by atoms with Crippen LogP contribution < -0.4 is 5.32 Å². The average molecular weight is 301 g/mol. The van der Waals surface area contributed by atoms with Gasteiger partial charge in [0.25, 0.3) is 5.91 Å². The van der Waals surface area contributed by atoms with Crippen molar-refractivity contribution in [2.24, 2.45) is 5.92 Å². The van der Waals surface area contributed by atoms with E-state index in [1.54, 1.807) is 12.1 Å². The number of piperidine rings is 1. The number of rotatable bonds is 2. The van der Waals surface area contributed by atoms with Gasteiger partial charge < -0.3 is 14.6 Å². The molecule has 1 amide bonds. The van der Waals surface area contributed by atoms with Gasteiger partial charge in [0, 0.05) is 12.6 Å². The molecular weight excluding hydrogens is 284 g/mol. The van der Waals surface area contributed by atoms with Crippen LogP contribution in [0.5, 0.6) is 0 Å². The zero-order valence-electron chi connectivity index (χ0n) is 10.1. The fourth-order valence-corrected chi connectivity index (χ4v) is 2.55. The Hall–Kier alpha value is -0.810. The third-order valence-electron chi connectivity index (χ3n) is 3.22. The van der Waals surface area contributed by atoms with Crippen molar-refractivity contribution < 1.29 is 9.21 Å². The van der Waals surface area contributed by atoms with Crippen LogP contribution in [0.25, 0.3) is 0 Å². The molecule has 1 aromatic rings. The molecule has 4 nitrogen and oxygen atoms in total. The number of nitrogens with zero attached hydrogens (tertiary/aromatic N) is 1. The lowest BCUT2D eigenvalue weighted by Gasteiger charge is -2.34. The van der Waals surface area contributed by atoms with Crippen LogP contribution in [0.1, 0.15) is 23.9 Å². The molecule has 2 atom stereocenters. The number of halogens is 1. The molecule has 0 aromatic carbocycles. The van der Waals surface area contributed by atoms with Crippen molar-refractivity contribution in [3.8, 4) is 0 Å². The molecule has 2 rings (SSSR count). The lowest BCUT2D eigenvalue weighted by atomic mass is 9.94. The first-order valence-corrected chi connectivity index (χ1v) is 6.60. The Morgan fingerprint density at radius 3 is 2.94 bits per heavy atom. The molecule has 2 heterocycles. The zero-order valence-corrected chi connectivity index (χ0v) is 11.7. The van der Waals surface area contributed by atoms with Crippen LogP contribution in [0.2, 0.25) is 0 Å². The van der Waals surface area contributed by atoms with Crippen molar-refractivity contribution in [1.82, 2.24) is 10.2 Å². The number of hydrogen-bond donors (Lipinski definition) is 1. The lowest BCUT2D eigenvalue weighted by molar-refractivity contribution is 0.0855. The molecule has 0 saturated carbocycles. The number of furan rings is 1. The molecule has 17 heavy (non-hydrogen) atoms. The topological polar surface area (TPSA) is 45.5 Å². The molecule has 1 saturated heterocycles. The summed E-state index contributed by atoms with van der Waals surface area (Å²) >= 11 is 3.19. The molecule has 0 aliphatic carbocycles. The Morgan fingerprint density at radius 1 is 1.59 bits per heavy atom. The summed E-state index contributed by atoms with van der Waals surface area (Å²) < 4.78 is 5.82. The maximum atomic E-state index is 11.9. The first-order chi connectivity index (χ1) is 8.06. The van der Waals surface area contributed by atoms with Gasteiger partial charge in [-0.2, -0.15) is 0 Å². The summed E-state index contributed by atoms with van der Waals surface area (Å²) in [5.74, 6) is 0.705. The van der Waals surface area contributed by atoms with Gasteiger partial charge in [0.15, 0.2) is 10.4 Å². The number of nitrogens with one attached hydrogen (secondary N) is 1. The quantitative estimate of drug-likeness (QED) is 0.910. The molecule has 1 aliphatic rings. The van der Waals surface area contributed by atoms with Crippen LogP contribution in [0.3, 0.4) is 0 Å². The number of hydrogen-bond acceptors (Lipinski definition) is 3. The molecule has 1 fully saturated rings. The first-order valence-electron chi connectivity index (χ1n) is 5.81. The highest BCUT2D eigenvalue weighted by atomic mass is 79.9. The summed E-state index contributed by atoms with van der Waals surface area (Å²) in [5.41, 5.74) is 0. The molecule has 94 valence electrons. The average Bonchev–Trinajstić information content (AvgIpc) is 2.69. The maximum absolute atomic E-state index is 11.9. The smallest absolute Gasteiger partial charge is 0.287 e. The van der Waals surface area contributed by atoms with Crippen molar-refractivity contribution in [3.63, 3.8) is 0 Å². The van der Waals surface area contributed by atoms with E-state index in [2.05, 4.69) is 40.1 Å². The van der Waals surface area contributed by atoms with Gasteiger partial charge in [0.05, 0.1) is 0 Å². The Labute approximate surface area is 109 Å². The van der Waals surface area contributed by atoms with E-state index in [1.807, 2.05) is 0 Å². The fourth-order valence-electron chi connectivity index (χ4n) is 2.24. The van der Waals surface area contributed by atoms with Gasteiger partial charge in [-0.1, -0.05) is 6.92 Å². The number of carbonyl (C=O) groups is 1. The monoisotopic (exact) mass is 300 g/mol. The lowest BCUT2D eigenvalue weighted by Crippen LogP contribution is -2.48. The highest BCUT2D eigenvalue weighted by molar-refractivity contribution is 9.10. The highest BCUT2D eigenvalue weighted by Crippen LogP contribution is 2.18. The summed E-state index contributed by atoms with van der Waals surface area (Å²) in [6, 6.07) is 3.65. The Kier molecular flexibility index (Phi) is 3.89. The van der Waals surface area contributed by atoms with Crippen LogP contribution in [0.15, 0.2) is 21.2 Å². The van der Waals surface area contributed by atoms with E-state index in [-0.39, 0.29) is 11.9 Å². The molecular formula is C12H17BrN2O2. The second-order valence-electron chi connectivity index (χ2n) is 4.71. The van der Waals surface area contributed by atoms with Crippen LogP contribution in [0.4, 0.5) is 0 Å². The van der Waals surface area contributed by atoms with E-state index >= 15 is 0 Å². The minimum atomic E-state index is -0.128. The van der Waals surface area contributed by atoms with Gasteiger partial charge in [-0.15, -0.1) is 0 Å². The predicted octanol–water partition coefficient (Wildman–Crippen LogP) is 2.11. The third kappa shape index (κ3) is 3.10. The van der Waals surface area contributed by atoms with Gasteiger partial charge in [-0.25, -0.2) is 0 Å². The van der Waals surface area contributed by atoms with Crippen molar-refractivity contribution in [3.05, 3.63) is 22.6 Å². The van der Waals surface area contributed by atoms with E-state index in [1.165, 1.54) is 0 Å². The summed E-state index contributed by atoms with van der Waals surface area (Å²) in [5, 5.41) is 3.04. The van der Waals surface area contributed by atoms with Crippen LogP contribution in [-0.2, 0) is 0 Å². The Bertz CT molecular complexity index is 405. The Balaban J connectivity index is 1.95. The summed E-state index contributed by atoms with van der Waals surface area (Å²) in [4.78, 5) is 14.2. The van der Waals surface area contributed by atoms with E-state index in [9.17, 15) is 4.79 Å². The van der Waals surface area contributed by atoms with E-state index < -0.39 is 0 Å². The minimum Gasteiger partial charge on any atom is -0.444 e. The number of amides is 1. The predicted molar refractivity (Wildman–Crippen MR) is 68.9 cm³/mol. The molecule has 5 heteroatoms. The number of likely N-dealkylation sites (tertiary alicyclic amines) is 1. The summed E-state index contributed by atoms with van der Waals surface area (Å²) in [7, 11) is 2.11. The van der Waals surface area contributed by atoms with Gasteiger partial charge in [-0.3, -0.25) is 4.79 Å². The fraction of sp³-hybridized carbons (Fsp3) is 0.583. The molecule has 2 unspecified atom stereocenters. The van der Waals surface area contributed by atoms with Crippen LogP contribution >= 0.6 is 15.9 Å². The van der Waals surface area contributed by atoms with Gasteiger partial charge >= 0.3 is 0 Å². The number of carbonyl (C=O) groups excluding carboxylic acids is 1. The summed E-state index contributed by atoms with van der Waals surface area (Å²) in [6.45, 7) is 4.21. The largest absolute Gasteiger partial charge is 0.444 e. The highest BCUT2D eigenvalue weighted by Gasteiger charge is 2.26. The first kappa shape index (κ1) is 12.6. The van der Waals surface area contributed by atoms with Crippen molar-refractivity contribution >= 4 is 21.8 Å². The maximum Gasteiger partial charge on any atom is 0.287 e. The van der Waals surface area contributed by atoms with Crippen molar-refractivity contribution in [1.29, 1.82) is 0 Å². The van der Waals surface area contributed by atoms with E-state index in [0.29, 0.717) is 16.3 Å². The summed E-state index contributed by atoms with van der Waals surface area (Å²) in [6.07, 6.45) is 0.991. The standard InChI is InChI=1S/C12H17BrN2O2/c1-8-7-15(2)6-5-9(8)14-12(16)10-3-4-11(13)17-10/h3-4,8-9H,5-7H2,1-2H3,(H,14,16). The zero-order chi connectivity index (χ0) is 12.4. The van der Waals surface area contributed by atoms with Gasteiger partial charge in [0.2, 0.25) is 0 Å².